The van der Waals surface area contributed by atoms with Crippen molar-refractivity contribution in [3.05, 3.63) is 42.0 Å². The smallest absolute Gasteiger partial charge is 0.246 e. The van der Waals surface area contributed by atoms with E-state index in [4.69, 9.17) is 9.47 Å². The van der Waals surface area contributed by atoms with Crippen LogP contribution in [0.3, 0.4) is 0 Å². The predicted molar refractivity (Wildman–Crippen MR) is 116 cm³/mol. The zero-order valence-electron chi connectivity index (χ0n) is 18.7. The molecule has 0 saturated carbocycles. The molecule has 1 heterocycles. The highest BCUT2D eigenvalue weighted by Gasteiger charge is 2.21. The van der Waals surface area contributed by atoms with Crippen LogP contribution in [0.1, 0.15) is 25.3 Å². The highest BCUT2D eigenvalue weighted by atomic mass is 19.2. The van der Waals surface area contributed by atoms with Crippen LogP contribution in [-0.4, -0.2) is 74.3 Å². The van der Waals surface area contributed by atoms with Gasteiger partial charge in [0.15, 0.2) is 11.6 Å². The number of ether oxygens (including phenoxy) is 2. The van der Waals surface area contributed by atoms with Gasteiger partial charge in [-0.25, -0.2) is 9.82 Å². The van der Waals surface area contributed by atoms with Crippen LogP contribution in [0.5, 0.6) is 5.75 Å². The topological polar surface area (TPSA) is 83.1 Å². The molecule has 0 radical (unpaired) electrons. The van der Waals surface area contributed by atoms with Crippen molar-refractivity contribution >= 4 is 11.8 Å². The van der Waals surface area contributed by atoms with Gasteiger partial charge >= 0.3 is 0 Å². The maximum Gasteiger partial charge on any atom is 0.246 e. The van der Waals surface area contributed by atoms with E-state index in [1.54, 1.807) is 6.92 Å². The van der Waals surface area contributed by atoms with Crippen molar-refractivity contribution in [2.75, 3.05) is 46.5 Å². The third-order valence-electron chi connectivity index (χ3n) is 5.06. The highest BCUT2D eigenvalue weighted by Crippen LogP contribution is 2.24. The number of hydrogen-bond acceptors (Lipinski definition) is 6. The molecule has 1 atom stereocenters. The van der Waals surface area contributed by atoms with Crippen LogP contribution in [0.25, 0.3) is 0 Å². The van der Waals surface area contributed by atoms with E-state index in [-0.39, 0.29) is 30.5 Å². The standard InChI is InChI=1S/C22H32F2N4O4/c1-4-16(2)26-19(29)14-20(30)28(25-3)15-17-6-7-18(22(24)21(17)23)32-11-5-8-27-9-12-31-13-10-27/h4,6-7,16,25H,1,5,8-15H2,2-3H3,(H,26,29). The van der Waals surface area contributed by atoms with Gasteiger partial charge in [0.25, 0.3) is 0 Å². The number of halogens is 2. The Kier molecular flexibility index (Phi) is 10.5. The Hall–Kier alpha value is -2.56. The fourth-order valence-electron chi connectivity index (χ4n) is 3.16. The highest BCUT2D eigenvalue weighted by molar-refractivity contribution is 5.96. The fraction of sp³-hybridized carbons (Fsp3) is 0.545. The van der Waals surface area contributed by atoms with Gasteiger partial charge in [-0.1, -0.05) is 12.1 Å². The molecule has 0 spiro atoms. The van der Waals surface area contributed by atoms with Gasteiger partial charge in [-0.3, -0.25) is 19.5 Å². The van der Waals surface area contributed by atoms with E-state index in [0.717, 1.165) is 24.6 Å². The number of carbonyl (C=O) groups is 2. The minimum absolute atomic E-state index is 0.0364. The maximum atomic E-state index is 14.6. The second-order valence-electron chi connectivity index (χ2n) is 7.48. The largest absolute Gasteiger partial charge is 0.490 e. The average Bonchev–Trinajstić information content (AvgIpc) is 2.79. The van der Waals surface area contributed by atoms with E-state index in [1.165, 1.54) is 25.3 Å². The number of benzene rings is 1. The minimum Gasteiger partial charge on any atom is -0.490 e. The van der Waals surface area contributed by atoms with Gasteiger partial charge in [0.1, 0.15) is 6.42 Å². The zero-order chi connectivity index (χ0) is 23.5. The molecule has 1 aliphatic heterocycles. The maximum absolute atomic E-state index is 14.6. The molecule has 0 aliphatic carbocycles. The number of rotatable bonds is 12. The molecule has 178 valence electrons. The van der Waals surface area contributed by atoms with Gasteiger partial charge in [-0.2, -0.15) is 4.39 Å². The number of amides is 2. The number of nitrogens with zero attached hydrogens (tertiary/aromatic N) is 2. The Morgan fingerprint density at radius 3 is 2.69 bits per heavy atom. The van der Waals surface area contributed by atoms with Crippen molar-refractivity contribution in [1.29, 1.82) is 0 Å². The summed E-state index contributed by atoms with van der Waals surface area (Å²) >= 11 is 0. The summed E-state index contributed by atoms with van der Waals surface area (Å²) in [6.07, 6.45) is 1.77. The molecule has 8 nitrogen and oxygen atoms in total. The monoisotopic (exact) mass is 454 g/mol. The van der Waals surface area contributed by atoms with Gasteiger partial charge in [-0.15, -0.1) is 6.58 Å². The molecule has 0 aromatic heterocycles. The number of carbonyl (C=O) groups excluding carboxylic acids is 2. The van der Waals surface area contributed by atoms with Gasteiger partial charge in [-0.05, 0) is 19.4 Å². The molecule has 2 amide bonds. The Morgan fingerprint density at radius 2 is 2.03 bits per heavy atom. The van der Waals surface area contributed by atoms with Crippen LogP contribution in [0, 0.1) is 11.6 Å². The van der Waals surface area contributed by atoms with Crippen LogP contribution in [0.15, 0.2) is 24.8 Å². The number of nitrogens with one attached hydrogen (secondary N) is 2. The molecule has 1 unspecified atom stereocenters. The van der Waals surface area contributed by atoms with Crippen LogP contribution >= 0.6 is 0 Å². The second-order valence-corrected chi connectivity index (χ2v) is 7.48. The lowest BCUT2D eigenvalue weighted by atomic mass is 10.1. The van der Waals surface area contributed by atoms with E-state index < -0.39 is 29.9 Å². The molecule has 0 bridgehead atoms. The first kappa shape index (κ1) is 25.7. The Labute approximate surface area is 187 Å². The van der Waals surface area contributed by atoms with E-state index in [9.17, 15) is 18.4 Å². The summed E-state index contributed by atoms with van der Waals surface area (Å²) in [5.74, 6) is -3.43. The summed E-state index contributed by atoms with van der Waals surface area (Å²) in [6, 6.07) is 2.43. The number of hydrogen-bond donors (Lipinski definition) is 2. The van der Waals surface area contributed by atoms with Gasteiger partial charge in [0, 0.05) is 38.3 Å². The van der Waals surface area contributed by atoms with E-state index in [2.05, 4.69) is 22.2 Å². The Balaban J connectivity index is 1.89. The van der Waals surface area contributed by atoms with Crippen LogP contribution < -0.4 is 15.5 Å². The lowest BCUT2D eigenvalue weighted by Gasteiger charge is -2.26. The summed E-state index contributed by atoms with van der Waals surface area (Å²) < 4.78 is 39.7. The molecule has 2 rings (SSSR count). The molecule has 1 fully saturated rings. The summed E-state index contributed by atoms with van der Waals surface area (Å²) in [6.45, 7) is 9.18. The molecule has 1 aromatic rings. The van der Waals surface area contributed by atoms with Crippen molar-refractivity contribution in [1.82, 2.24) is 20.7 Å². The van der Waals surface area contributed by atoms with Crippen molar-refractivity contribution in [2.45, 2.75) is 32.4 Å². The van der Waals surface area contributed by atoms with Crippen molar-refractivity contribution in [3.8, 4) is 5.75 Å². The van der Waals surface area contributed by atoms with Gasteiger partial charge in [0.05, 0.1) is 26.4 Å². The van der Waals surface area contributed by atoms with E-state index in [1.807, 2.05) is 0 Å². The Morgan fingerprint density at radius 1 is 1.31 bits per heavy atom. The van der Waals surface area contributed by atoms with Crippen LogP contribution in [0.2, 0.25) is 0 Å². The molecular formula is C22H32F2N4O4. The number of morpholine rings is 1. The minimum atomic E-state index is -1.10. The summed E-state index contributed by atoms with van der Waals surface area (Å²) in [7, 11) is 1.46. The molecule has 1 aromatic carbocycles. The van der Waals surface area contributed by atoms with Crippen molar-refractivity contribution in [2.24, 2.45) is 0 Å². The molecule has 1 saturated heterocycles. The van der Waals surface area contributed by atoms with E-state index >= 15 is 0 Å². The quantitative estimate of drug-likeness (QED) is 0.216. The first-order chi connectivity index (χ1) is 15.3. The summed E-state index contributed by atoms with van der Waals surface area (Å²) in [5, 5.41) is 3.64. The summed E-state index contributed by atoms with van der Waals surface area (Å²) in [5.41, 5.74) is 2.57. The van der Waals surface area contributed by atoms with Crippen LogP contribution in [0.4, 0.5) is 8.78 Å². The number of hydrazine groups is 1. The zero-order valence-corrected chi connectivity index (χ0v) is 18.7. The first-order valence-electron chi connectivity index (χ1n) is 10.6. The normalized spacial score (nSPS) is 15.1. The Bertz CT molecular complexity index is 787. The fourth-order valence-corrected chi connectivity index (χ4v) is 3.16. The lowest BCUT2D eigenvalue weighted by Crippen LogP contribution is -2.43. The summed E-state index contributed by atoms with van der Waals surface area (Å²) in [4.78, 5) is 26.5. The second kappa shape index (κ2) is 13.1. The molecular weight excluding hydrogens is 422 g/mol. The molecule has 2 N–H and O–H groups in total. The molecule has 1 aliphatic rings. The lowest BCUT2D eigenvalue weighted by molar-refractivity contribution is -0.138. The molecule has 10 heteroatoms. The van der Waals surface area contributed by atoms with Crippen molar-refractivity contribution in [3.63, 3.8) is 0 Å². The van der Waals surface area contributed by atoms with Gasteiger partial charge < -0.3 is 14.8 Å². The SMILES string of the molecule is C=CC(C)NC(=O)CC(=O)N(Cc1ccc(OCCCN2CCOCC2)c(F)c1F)NC. The van der Waals surface area contributed by atoms with Crippen molar-refractivity contribution < 1.29 is 27.8 Å². The first-order valence-corrected chi connectivity index (χ1v) is 10.6. The third-order valence-corrected chi connectivity index (χ3v) is 5.06. The molecule has 32 heavy (non-hydrogen) atoms. The van der Waals surface area contributed by atoms with Gasteiger partial charge in [0.2, 0.25) is 17.6 Å². The predicted octanol–water partition coefficient (Wildman–Crippen LogP) is 1.61. The van der Waals surface area contributed by atoms with Crippen LogP contribution in [-0.2, 0) is 20.9 Å². The third kappa shape index (κ3) is 7.85. The average molecular weight is 455 g/mol. The van der Waals surface area contributed by atoms with E-state index in [0.29, 0.717) is 19.6 Å².